The summed E-state index contributed by atoms with van der Waals surface area (Å²) in [5.74, 6) is -0.417. The molecule has 1 amide bonds. The number of nitrogens with zero attached hydrogens (tertiary/aromatic N) is 1. The smallest absolute Gasteiger partial charge is 0.251 e. The van der Waals surface area contributed by atoms with Gasteiger partial charge in [-0.15, -0.1) is 12.4 Å². The van der Waals surface area contributed by atoms with Gasteiger partial charge in [-0.2, -0.15) is 0 Å². The van der Waals surface area contributed by atoms with E-state index in [2.05, 4.69) is 22.5 Å². The third-order valence-electron chi connectivity index (χ3n) is 5.09. The van der Waals surface area contributed by atoms with Crippen molar-refractivity contribution >= 4 is 18.3 Å². The van der Waals surface area contributed by atoms with Crippen molar-refractivity contribution in [2.24, 2.45) is 5.41 Å². The predicted molar refractivity (Wildman–Crippen MR) is 96.2 cm³/mol. The van der Waals surface area contributed by atoms with Crippen molar-refractivity contribution in [1.82, 2.24) is 15.5 Å². The predicted octanol–water partition coefficient (Wildman–Crippen LogP) is 2.44. The SMILES string of the molecule is CC1(CN2CCC(NC(=O)c3ccc(F)cc3)CC2)CCNC1.Cl. The van der Waals surface area contributed by atoms with Crippen molar-refractivity contribution < 1.29 is 9.18 Å². The van der Waals surface area contributed by atoms with Crippen LogP contribution >= 0.6 is 12.4 Å². The van der Waals surface area contributed by atoms with Crippen LogP contribution in [0.5, 0.6) is 0 Å². The van der Waals surface area contributed by atoms with E-state index in [0.29, 0.717) is 11.0 Å². The lowest BCUT2D eigenvalue weighted by molar-refractivity contribution is 0.0891. The molecule has 0 radical (unpaired) electrons. The Bertz CT molecular complexity index is 538. The molecular formula is C18H27ClFN3O. The second-order valence-electron chi connectivity index (χ2n) is 7.27. The summed E-state index contributed by atoms with van der Waals surface area (Å²) in [5.41, 5.74) is 0.919. The molecule has 2 saturated heterocycles. The summed E-state index contributed by atoms with van der Waals surface area (Å²) in [5, 5.41) is 6.53. The van der Waals surface area contributed by atoms with Crippen LogP contribution in [-0.4, -0.2) is 49.6 Å². The van der Waals surface area contributed by atoms with E-state index in [1.165, 1.54) is 30.7 Å². The van der Waals surface area contributed by atoms with Gasteiger partial charge in [0.1, 0.15) is 5.82 Å². The monoisotopic (exact) mass is 355 g/mol. The first-order chi connectivity index (χ1) is 11.0. The van der Waals surface area contributed by atoms with Gasteiger partial charge in [-0.05, 0) is 55.5 Å². The Hall–Kier alpha value is -1.17. The summed E-state index contributed by atoms with van der Waals surface area (Å²) in [6.45, 7) is 7.79. The molecule has 0 saturated carbocycles. The van der Waals surface area contributed by atoms with Gasteiger partial charge < -0.3 is 15.5 Å². The number of amides is 1. The highest BCUT2D eigenvalue weighted by Gasteiger charge is 2.32. The second kappa shape index (κ2) is 8.28. The van der Waals surface area contributed by atoms with Crippen molar-refractivity contribution in [3.63, 3.8) is 0 Å². The first-order valence-electron chi connectivity index (χ1n) is 8.54. The molecule has 134 valence electrons. The van der Waals surface area contributed by atoms with Gasteiger partial charge in [-0.25, -0.2) is 4.39 Å². The maximum absolute atomic E-state index is 12.9. The fourth-order valence-corrected chi connectivity index (χ4v) is 3.65. The molecule has 0 aliphatic carbocycles. The number of piperidine rings is 1. The number of nitrogens with one attached hydrogen (secondary N) is 2. The first kappa shape index (κ1) is 19.2. The molecule has 24 heavy (non-hydrogen) atoms. The number of hydrogen-bond donors (Lipinski definition) is 2. The minimum absolute atomic E-state index is 0. The van der Waals surface area contributed by atoms with Crippen molar-refractivity contribution in [2.75, 3.05) is 32.7 Å². The van der Waals surface area contributed by atoms with Gasteiger partial charge in [-0.1, -0.05) is 6.92 Å². The Morgan fingerprint density at radius 1 is 1.33 bits per heavy atom. The number of likely N-dealkylation sites (tertiary alicyclic amines) is 1. The van der Waals surface area contributed by atoms with Crippen molar-refractivity contribution in [3.05, 3.63) is 35.6 Å². The highest BCUT2D eigenvalue weighted by atomic mass is 35.5. The summed E-state index contributed by atoms with van der Waals surface area (Å²) in [7, 11) is 0. The molecule has 2 fully saturated rings. The van der Waals surface area contributed by atoms with Crippen molar-refractivity contribution in [2.45, 2.75) is 32.2 Å². The van der Waals surface area contributed by atoms with Crippen LogP contribution in [0, 0.1) is 11.2 Å². The van der Waals surface area contributed by atoms with Gasteiger partial charge in [0.15, 0.2) is 0 Å². The van der Waals surface area contributed by atoms with Crippen LogP contribution in [0.25, 0.3) is 0 Å². The van der Waals surface area contributed by atoms with E-state index < -0.39 is 0 Å². The normalized spacial score (nSPS) is 25.2. The van der Waals surface area contributed by atoms with Gasteiger partial charge in [0.05, 0.1) is 0 Å². The topological polar surface area (TPSA) is 44.4 Å². The van der Waals surface area contributed by atoms with Crippen LogP contribution in [-0.2, 0) is 0 Å². The number of carbonyl (C=O) groups is 1. The van der Waals surface area contributed by atoms with Crippen LogP contribution in [0.3, 0.4) is 0 Å². The molecule has 1 aromatic rings. The molecule has 1 unspecified atom stereocenters. The Kier molecular flexibility index (Phi) is 6.61. The molecule has 2 heterocycles. The zero-order chi connectivity index (χ0) is 16.3. The van der Waals surface area contributed by atoms with Gasteiger partial charge in [0.2, 0.25) is 0 Å². The summed E-state index contributed by atoms with van der Waals surface area (Å²) in [6.07, 6.45) is 3.21. The molecule has 0 spiro atoms. The average Bonchev–Trinajstić information content (AvgIpc) is 2.96. The van der Waals surface area contributed by atoms with Crippen molar-refractivity contribution in [3.8, 4) is 0 Å². The quantitative estimate of drug-likeness (QED) is 0.872. The number of benzene rings is 1. The molecular weight excluding hydrogens is 329 g/mol. The van der Waals surface area contributed by atoms with Crippen LogP contribution in [0.15, 0.2) is 24.3 Å². The van der Waals surface area contributed by atoms with Gasteiger partial charge in [-0.3, -0.25) is 4.79 Å². The molecule has 2 N–H and O–H groups in total. The van der Waals surface area contributed by atoms with Crippen molar-refractivity contribution in [1.29, 1.82) is 0 Å². The third kappa shape index (κ3) is 4.91. The van der Waals surface area contributed by atoms with Crippen LogP contribution in [0.1, 0.15) is 36.5 Å². The lowest BCUT2D eigenvalue weighted by atomic mass is 9.88. The average molecular weight is 356 g/mol. The maximum atomic E-state index is 12.9. The van der Waals surface area contributed by atoms with E-state index in [4.69, 9.17) is 0 Å². The number of halogens is 2. The number of rotatable bonds is 4. The van der Waals surface area contributed by atoms with E-state index in [1.54, 1.807) is 0 Å². The van der Waals surface area contributed by atoms with E-state index in [1.807, 2.05) is 0 Å². The Morgan fingerprint density at radius 3 is 2.58 bits per heavy atom. The Morgan fingerprint density at radius 2 is 2.00 bits per heavy atom. The highest BCUT2D eigenvalue weighted by molar-refractivity contribution is 5.94. The summed E-state index contributed by atoms with van der Waals surface area (Å²) >= 11 is 0. The van der Waals surface area contributed by atoms with Gasteiger partial charge in [0.25, 0.3) is 5.91 Å². The summed E-state index contributed by atoms with van der Waals surface area (Å²) in [6, 6.07) is 5.95. The van der Waals surface area contributed by atoms with Gasteiger partial charge in [0, 0.05) is 37.8 Å². The molecule has 6 heteroatoms. The number of hydrogen-bond acceptors (Lipinski definition) is 3. The maximum Gasteiger partial charge on any atom is 0.251 e. The third-order valence-corrected chi connectivity index (χ3v) is 5.09. The lowest BCUT2D eigenvalue weighted by Crippen LogP contribution is -2.47. The summed E-state index contributed by atoms with van der Waals surface area (Å²) in [4.78, 5) is 14.7. The molecule has 1 aromatic carbocycles. The zero-order valence-electron chi connectivity index (χ0n) is 14.2. The highest BCUT2D eigenvalue weighted by Crippen LogP contribution is 2.27. The van der Waals surface area contributed by atoms with Gasteiger partial charge >= 0.3 is 0 Å². The molecule has 0 bridgehead atoms. The fourth-order valence-electron chi connectivity index (χ4n) is 3.65. The van der Waals surface area contributed by atoms with E-state index in [0.717, 1.165) is 45.6 Å². The summed E-state index contributed by atoms with van der Waals surface area (Å²) < 4.78 is 12.9. The van der Waals surface area contributed by atoms with E-state index in [9.17, 15) is 9.18 Å². The zero-order valence-corrected chi connectivity index (χ0v) is 15.0. The van der Waals surface area contributed by atoms with E-state index in [-0.39, 0.29) is 30.2 Å². The standard InChI is InChI=1S/C18H26FN3O.ClH/c1-18(8-9-20-12-18)13-22-10-6-16(7-11-22)21-17(23)14-2-4-15(19)5-3-14;/h2-5,16,20H,6-13H2,1H3,(H,21,23);1H. The lowest BCUT2D eigenvalue weighted by Gasteiger charge is -2.37. The molecule has 4 nitrogen and oxygen atoms in total. The molecule has 2 aliphatic heterocycles. The Labute approximate surface area is 149 Å². The molecule has 1 atom stereocenters. The first-order valence-corrected chi connectivity index (χ1v) is 8.54. The molecule has 3 rings (SSSR count). The minimum atomic E-state index is -0.315. The second-order valence-corrected chi connectivity index (χ2v) is 7.27. The molecule has 2 aliphatic rings. The fraction of sp³-hybridized carbons (Fsp3) is 0.611. The molecule has 0 aromatic heterocycles. The van der Waals surface area contributed by atoms with E-state index >= 15 is 0 Å². The van der Waals surface area contributed by atoms with Crippen LogP contribution in [0.4, 0.5) is 4.39 Å². The Balaban J connectivity index is 0.00000208. The van der Waals surface area contributed by atoms with Crippen LogP contribution in [0.2, 0.25) is 0 Å². The minimum Gasteiger partial charge on any atom is -0.349 e. The number of carbonyl (C=O) groups excluding carboxylic acids is 1. The van der Waals surface area contributed by atoms with Crippen LogP contribution < -0.4 is 10.6 Å². The largest absolute Gasteiger partial charge is 0.349 e.